The molecule has 0 saturated carbocycles. The van der Waals surface area contributed by atoms with Crippen molar-refractivity contribution in [1.29, 1.82) is 0 Å². The Morgan fingerprint density at radius 1 is 1.09 bits per heavy atom. The molecule has 0 fully saturated rings. The normalized spacial score (nSPS) is 10.3. The Morgan fingerprint density at radius 3 is 2.57 bits per heavy atom. The summed E-state index contributed by atoms with van der Waals surface area (Å²) >= 11 is 1.58. The highest BCUT2D eigenvalue weighted by atomic mass is 32.1. The first-order valence-corrected chi connectivity index (χ1v) is 8.20. The number of rotatable bonds is 4. The third kappa shape index (κ3) is 4.17. The van der Waals surface area contributed by atoms with Crippen LogP contribution in [0.4, 0.5) is 10.5 Å². The molecular formula is C18H17N3OS. The average molecular weight is 323 g/mol. The molecule has 0 radical (unpaired) electrons. The number of nitrogens with one attached hydrogen (secondary N) is 2. The van der Waals surface area contributed by atoms with Gasteiger partial charge in [0, 0.05) is 16.6 Å². The lowest BCUT2D eigenvalue weighted by atomic mass is 10.2. The number of carbonyl (C=O) groups is 1. The molecule has 5 heteroatoms. The van der Waals surface area contributed by atoms with Crippen molar-refractivity contribution in [2.75, 3.05) is 5.32 Å². The van der Waals surface area contributed by atoms with E-state index < -0.39 is 0 Å². The lowest BCUT2D eigenvalue weighted by Gasteiger charge is -2.06. The van der Waals surface area contributed by atoms with Gasteiger partial charge in [0.25, 0.3) is 0 Å². The Balaban J connectivity index is 1.55. The summed E-state index contributed by atoms with van der Waals surface area (Å²) in [7, 11) is 0. The van der Waals surface area contributed by atoms with Gasteiger partial charge in [0.1, 0.15) is 5.01 Å². The fourth-order valence-electron chi connectivity index (χ4n) is 2.08. The van der Waals surface area contributed by atoms with Crippen LogP contribution < -0.4 is 10.6 Å². The molecule has 0 aliphatic rings. The van der Waals surface area contributed by atoms with Crippen LogP contribution in [0.25, 0.3) is 10.6 Å². The molecule has 0 bridgehead atoms. The van der Waals surface area contributed by atoms with E-state index in [2.05, 4.69) is 15.6 Å². The van der Waals surface area contributed by atoms with Gasteiger partial charge < -0.3 is 10.6 Å². The van der Waals surface area contributed by atoms with E-state index in [1.165, 1.54) is 0 Å². The maximum Gasteiger partial charge on any atom is 0.319 e. The van der Waals surface area contributed by atoms with Crippen LogP contribution in [0.1, 0.15) is 11.3 Å². The summed E-state index contributed by atoms with van der Waals surface area (Å²) in [5.41, 5.74) is 3.88. The number of benzene rings is 2. The van der Waals surface area contributed by atoms with Gasteiger partial charge in [0.15, 0.2) is 0 Å². The summed E-state index contributed by atoms with van der Waals surface area (Å²) < 4.78 is 0. The third-order valence-corrected chi connectivity index (χ3v) is 4.25. The van der Waals surface area contributed by atoms with Gasteiger partial charge in [-0.15, -0.1) is 11.3 Å². The highest BCUT2D eigenvalue weighted by Crippen LogP contribution is 2.23. The monoisotopic (exact) mass is 323 g/mol. The number of aromatic nitrogens is 1. The first-order valence-electron chi connectivity index (χ1n) is 7.32. The van der Waals surface area contributed by atoms with Crippen molar-refractivity contribution in [2.45, 2.75) is 13.5 Å². The maximum absolute atomic E-state index is 11.9. The Hall–Kier alpha value is -2.66. The van der Waals surface area contributed by atoms with Gasteiger partial charge in [-0.05, 0) is 19.1 Å². The molecule has 2 amide bonds. The number of anilines is 1. The van der Waals surface area contributed by atoms with Crippen molar-refractivity contribution in [2.24, 2.45) is 0 Å². The number of nitrogens with zero attached hydrogens (tertiary/aromatic N) is 1. The second-order valence-electron chi connectivity index (χ2n) is 5.18. The van der Waals surface area contributed by atoms with E-state index in [1.54, 1.807) is 11.3 Å². The van der Waals surface area contributed by atoms with Gasteiger partial charge in [0.05, 0.1) is 12.2 Å². The molecule has 2 N–H and O–H groups in total. The van der Waals surface area contributed by atoms with Crippen LogP contribution in [0.15, 0.2) is 60.0 Å². The maximum atomic E-state index is 11.9. The minimum absolute atomic E-state index is 0.233. The largest absolute Gasteiger partial charge is 0.332 e. The number of hydrogen-bond acceptors (Lipinski definition) is 3. The van der Waals surface area contributed by atoms with Gasteiger partial charge >= 0.3 is 6.03 Å². The van der Waals surface area contributed by atoms with Gasteiger partial charge in [-0.3, -0.25) is 0 Å². The minimum Gasteiger partial charge on any atom is -0.332 e. The molecule has 0 aliphatic carbocycles. The molecule has 0 spiro atoms. The number of hydrogen-bond donors (Lipinski definition) is 2. The Morgan fingerprint density at radius 2 is 1.83 bits per heavy atom. The van der Waals surface area contributed by atoms with Crippen molar-refractivity contribution >= 4 is 23.1 Å². The molecule has 0 unspecified atom stereocenters. The van der Waals surface area contributed by atoms with E-state index in [9.17, 15) is 4.79 Å². The first kappa shape index (κ1) is 15.2. The molecule has 4 nitrogen and oxygen atoms in total. The number of urea groups is 1. The highest BCUT2D eigenvalue weighted by molar-refractivity contribution is 7.13. The molecular weight excluding hydrogens is 306 g/mol. The fraction of sp³-hybridized carbons (Fsp3) is 0.111. The van der Waals surface area contributed by atoms with Crippen LogP contribution in [0.3, 0.4) is 0 Å². The Bertz CT molecular complexity index is 782. The van der Waals surface area contributed by atoms with Gasteiger partial charge in [-0.25, -0.2) is 9.78 Å². The van der Waals surface area contributed by atoms with Crippen LogP contribution in [0, 0.1) is 6.92 Å². The van der Waals surface area contributed by atoms with E-state index in [0.717, 1.165) is 27.5 Å². The van der Waals surface area contributed by atoms with E-state index in [1.807, 2.05) is 66.9 Å². The quantitative estimate of drug-likeness (QED) is 0.746. The van der Waals surface area contributed by atoms with Gasteiger partial charge in [-0.2, -0.15) is 0 Å². The summed E-state index contributed by atoms with van der Waals surface area (Å²) in [5, 5.41) is 8.55. The second kappa shape index (κ2) is 7.07. The predicted molar refractivity (Wildman–Crippen MR) is 94.6 cm³/mol. The van der Waals surface area contributed by atoms with Crippen molar-refractivity contribution in [3.63, 3.8) is 0 Å². The van der Waals surface area contributed by atoms with Crippen LogP contribution in [0.5, 0.6) is 0 Å². The molecule has 2 aromatic carbocycles. The topological polar surface area (TPSA) is 54.0 Å². The predicted octanol–water partition coefficient (Wildman–Crippen LogP) is 4.44. The summed E-state index contributed by atoms with van der Waals surface area (Å²) in [6.45, 7) is 2.41. The van der Waals surface area contributed by atoms with Gasteiger partial charge in [0.2, 0.25) is 0 Å². The van der Waals surface area contributed by atoms with E-state index in [-0.39, 0.29) is 6.03 Å². The molecule has 1 aromatic heterocycles. The molecule has 3 aromatic rings. The summed E-state index contributed by atoms with van der Waals surface area (Å²) in [6, 6.07) is 17.5. The number of amides is 2. The molecule has 1 heterocycles. The molecule has 23 heavy (non-hydrogen) atoms. The Kier molecular flexibility index (Phi) is 4.68. The smallest absolute Gasteiger partial charge is 0.319 e. The zero-order chi connectivity index (χ0) is 16.1. The van der Waals surface area contributed by atoms with E-state index in [4.69, 9.17) is 0 Å². The minimum atomic E-state index is -0.233. The first-order chi connectivity index (χ1) is 11.2. The number of aryl methyl sites for hydroxylation is 1. The number of carbonyl (C=O) groups excluding carboxylic acids is 1. The molecule has 3 rings (SSSR count). The van der Waals surface area contributed by atoms with Crippen molar-refractivity contribution in [3.8, 4) is 10.6 Å². The van der Waals surface area contributed by atoms with Crippen molar-refractivity contribution in [3.05, 3.63) is 71.2 Å². The van der Waals surface area contributed by atoms with Crippen LogP contribution in [-0.4, -0.2) is 11.0 Å². The zero-order valence-corrected chi connectivity index (χ0v) is 13.6. The standard InChI is InChI=1S/C18H17N3OS/c1-13-7-9-15(10-8-13)21-18(22)19-11-16-12-23-17(20-16)14-5-3-2-4-6-14/h2-10,12H,11H2,1H3,(H2,19,21,22). The van der Waals surface area contributed by atoms with Crippen LogP contribution in [0.2, 0.25) is 0 Å². The van der Waals surface area contributed by atoms with E-state index in [0.29, 0.717) is 6.54 Å². The second-order valence-corrected chi connectivity index (χ2v) is 6.04. The third-order valence-electron chi connectivity index (χ3n) is 3.31. The molecule has 0 atom stereocenters. The Labute approximate surface area is 139 Å². The molecule has 0 saturated heterocycles. The van der Waals surface area contributed by atoms with Gasteiger partial charge in [-0.1, -0.05) is 48.0 Å². The SMILES string of the molecule is Cc1ccc(NC(=O)NCc2csc(-c3ccccc3)n2)cc1. The summed E-state index contributed by atoms with van der Waals surface area (Å²) in [4.78, 5) is 16.4. The van der Waals surface area contributed by atoms with Crippen molar-refractivity contribution in [1.82, 2.24) is 10.3 Å². The molecule has 116 valence electrons. The zero-order valence-electron chi connectivity index (χ0n) is 12.7. The summed E-state index contributed by atoms with van der Waals surface area (Å²) in [5.74, 6) is 0. The summed E-state index contributed by atoms with van der Waals surface area (Å²) in [6.07, 6.45) is 0. The number of thiazole rings is 1. The lowest BCUT2D eigenvalue weighted by Crippen LogP contribution is -2.28. The average Bonchev–Trinajstić information content (AvgIpc) is 3.05. The lowest BCUT2D eigenvalue weighted by molar-refractivity contribution is 0.251. The van der Waals surface area contributed by atoms with E-state index >= 15 is 0 Å². The fourth-order valence-corrected chi connectivity index (χ4v) is 2.91. The van der Waals surface area contributed by atoms with Crippen molar-refractivity contribution < 1.29 is 4.79 Å². The van der Waals surface area contributed by atoms with Crippen LogP contribution in [-0.2, 0) is 6.54 Å². The molecule has 0 aliphatic heterocycles. The van der Waals surface area contributed by atoms with Crippen LogP contribution >= 0.6 is 11.3 Å². The highest BCUT2D eigenvalue weighted by Gasteiger charge is 2.06.